The van der Waals surface area contributed by atoms with Crippen LogP contribution in [0.2, 0.25) is 0 Å². The highest BCUT2D eigenvalue weighted by atomic mass is 32.1. The second-order valence-corrected chi connectivity index (χ2v) is 6.57. The number of hydrogen-bond acceptors (Lipinski definition) is 5. The molecule has 2 aromatic rings. The number of carboxylic acid groups (broad SMARTS) is 1. The number of carbonyl (C=O) groups is 2. The minimum atomic E-state index is -1.05. The molecule has 0 saturated carbocycles. The van der Waals surface area contributed by atoms with E-state index in [4.69, 9.17) is 0 Å². The molecule has 0 fully saturated rings. The van der Waals surface area contributed by atoms with Gasteiger partial charge in [-0.3, -0.25) is 14.2 Å². The Labute approximate surface area is 131 Å². The van der Waals surface area contributed by atoms with E-state index in [2.05, 4.69) is 4.98 Å². The summed E-state index contributed by atoms with van der Waals surface area (Å²) in [6, 6.07) is 0. The van der Waals surface area contributed by atoms with Gasteiger partial charge in [-0.25, -0.2) is 9.78 Å². The second-order valence-electron chi connectivity index (χ2n) is 5.57. The number of carboxylic acids is 1. The van der Waals surface area contributed by atoms with Gasteiger partial charge in [0.25, 0.3) is 5.56 Å². The Balaban J connectivity index is 2.76. The van der Waals surface area contributed by atoms with Gasteiger partial charge in [0, 0.05) is 18.9 Å². The lowest BCUT2D eigenvalue weighted by Gasteiger charge is -2.14. The van der Waals surface area contributed by atoms with E-state index in [1.165, 1.54) is 11.5 Å². The number of thiophene rings is 1. The number of rotatable bonds is 5. The number of aromatic nitrogens is 2. The minimum absolute atomic E-state index is 0.000239. The van der Waals surface area contributed by atoms with Crippen LogP contribution < -0.4 is 5.56 Å². The number of hydrogen-bond donors (Lipinski definition) is 1. The number of ketones is 1. The van der Waals surface area contributed by atoms with Crippen LogP contribution in [-0.4, -0.2) is 26.4 Å². The summed E-state index contributed by atoms with van der Waals surface area (Å²) in [4.78, 5) is 40.3. The lowest BCUT2D eigenvalue weighted by atomic mass is 10.1. The molecule has 0 bridgehead atoms. The molecule has 2 heterocycles. The molecule has 1 N–H and O–H groups in total. The lowest BCUT2D eigenvalue weighted by molar-refractivity contribution is -0.117. The van der Waals surface area contributed by atoms with Gasteiger partial charge in [-0.1, -0.05) is 13.8 Å². The van der Waals surface area contributed by atoms with E-state index >= 15 is 0 Å². The highest BCUT2D eigenvalue weighted by molar-refractivity contribution is 7.20. The predicted molar refractivity (Wildman–Crippen MR) is 85.0 cm³/mol. The molecule has 22 heavy (non-hydrogen) atoms. The van der Waals surface area contributed by atoms with Crippen LogP contribution in [0.1, 0.15) is 54.2 Å². The Hall–Kier alpha value is -2.02. The van der Waals surface area contributed by atoms with E-state index in [0.29, 0.717) is 21.6 Å². The Bertz CT molecular complexity index is 817. The molecule has 0 radical (unpaired) electrons. The summed E-state index contributed by atoms with van der Waals surface area (Å²) in [6.07, 6.45) is 0.252. The summed E-state index contributed by atoms with van der Waals surface area (Å²) in [5, 5.41) is 9.55. The van der Waals surface area contributed by atoms with Gasteiger partial charge < -0.3 is 5.11 Å². The number of nitrogens with zero attached hydrogens (tertiary/aromatic N) is 2. The summed E-state index contributed by atoms with van der Waals surface area (Å²) in [5.74, 6) is -0.479. The molecule has 0 unspecified atom stereocenters. The molecule has 2 rings (SSSR count). The van der Waals surface area contributed by atoms with Gasteiger partial charge in [0.15, 0.2) is 0 Å². The van der Waals surface area contributed by atoms with Gasteiger partial charge >= 0.3 is 5.97 Å². The highest BCUT2D eigenvalue weighted by Gasteiger charge is 2.22. The molecule has 7 heteroatoms. The van der Waals surface area contributed by atoms with Crippen molar-refractivity contribution in [1.82, 2.24) is 9.55 Å². The first kappa shape index (κ1) is 16.4. The third kappa shape index (κ3) is 2.81. The standard InChI is InChI=1S/C15H18N2O4S/c1-7(2)12-16-13-10(9(4)11(22-13)15(20)21)14(19)17(12)6-5-8(3)18/h7H,5-6H2,1-4H3,(H,20,21). The fraction of sp³-hybridized carbons (Fsp3) is 0.467. The summed E-state index contributed by atoms with van der Waals surface area (Å²) in [7, 11) is 0. The molecule has 0 spiro atoms. The molecule has 2 aromatic heterocycles. The number of carbonyl (C=O) groups excluding carboxylic acids is 1. The van der Waals surface area contributed by atoms with Crippen molar-refractivity contribution in [1.29, 1.82) is 0 Å². The van der Waals surface area contributed by atoms with Gasteiger partial charge in [0.05, 0.1) is 5.39 Å². The highest BCUT2D eigenvalue weighted by Crippen LogP contribution is 2.28. The van der Waals surface area contributed by atoms with E-state index in [1.807, 2.05) is 13.8 Å². The van der Waals surface area contributed by atoms with Crippen LogP contribution in [0.5, 0.6) is 0 Å². The Morgan fingerprint density at radius 1 is 1.36 bits per heavy atom. The van der Waals surface area contributed by atoms with Gasteiger partial charge in [-0.2, -0.15) is 0 Å². The zero-order valence-corrected chi connectivity index (χ0v) is 13.8. The largest absolute Gasteiger partial charge is 0.477 e. The van der Waals surface area contributed by atoms with Crippen molar-refractivity contribution in [2.24, 2.45) is 0 Å². The van der Waals surface area contributed by atoms with Crippen LogP contribution in [0.3, 0.4) is 0 Å². The first-order valence-electron chi connectivity index (χ1n) is 7.00. The fourth-order valence-electron chi connectivity index (χ4n) is 2.36. The maximum absolute atomic E-state index is 12.7. The zero-order valence-electron chi connectivity index (χ0n) is 13.0. The third-order valence-corrected chi connectivity index (χ3v) is 4.65. The molecular formula is C15H18N2O4S. The normalized spacial score (nSPS) is 11.3. The quantitative estimate of drug-likeness (QED) is 0.914. The van der Waals surface area contributed by atoms with Gasteiger partial charge in [0.2, 0.25) is 0 Å². The fourth-order valence-corrected chi connectivity index (χ4v) is 3.38. The van der Waals surface area contributed by atoms with Gasteiger partial charge in [-0.15, -0.1) is 11.3 Å². The number of fused-ring (bicyclic) bond motifs is 1. The van der Waals surface area contributed by atoms with Crippen molar-refractivity contribution in [3.63, 3.8) is 0 Å². The summed E-state index contributed by atoms with van der Waals surface area (Å²) in [6.45, 7) is 7.19. The zero-order chi connectivity index (χ0) is 16.6. The Kier molecular flexibility index (Phi) is 4.46. The maximum atomic E-state index is 12.7. The van der Waals surface area contributed by atoms with Crippen LogP contribution in [-0.2, 0) is 11.3 Å². The van der Waals surface area contributed by atoms with E-state index < -0.39 is 5.97 Å². The molecule has 0 saturated heterocycles. The van der Waals surface area contributed by atoms with Crippen LogP contribution in [0.4, 0.5) is 0 Å². The van der Waals surface area contributed by atoms with Gasteiger partial charge in [0.1, 0.15) is 21.3 Å². The van der Waals surface area contributed by atoms with Crippen LogP contribution in [0.25, 0.3) is 10.2 Å². The van der Waals surface area contributed by atoms with Crippen molar-refractivity contribution in [3.8, 4) is 0 Å². The second kappa shape index (κ2) is 6.00. The number of Topliss-reactive ketones (excluding diaryl/α,β-unsaturated/α-hetero) is 1. The third-order valence-electron chi connectivity index (χ3n) is 3.48. The first-order valence-corrected chi connectivity index (χ1v) is 7.82. The molecule has 118 valence electrons. The molecule has 0 atom stereocenters. The summed E-state index contributed by atoms with van der Waals surface area (Å²) in [5.41, 5.74) is 0.174. The number of aryl methyl sites for hydroxylation is 1. The molecule has 0 aliphatic heterocycles. The van der Waals surface area contributed by atoms with E-state index in [1.54, 1.807) is 6.92 Å². The van der Waals surface area contributed by atoms with Gasteiger partial charge in [-0.05, 0) is 19.4 Å². The van der Waals surface area contributed by atoms with E-state index in [9.17, 15) is 19.5 Å². The topological polar surface area (TPSA) is 89.3 Å². The van der Waals surface area contributed by atoms with Crippen molar-refractivity contribution in [3.05, 3.63) is 26.6 Å². The molecule has 6 nitrogen and oxygen atoms in total. The van der Waals surface area contributed by atoms with E-state index in [0.717, 1.165) is 11.3 Å². The number of aromatic carboxylic acids is 1. The first-order chi connectivity index (χ1) is 10.2. The Morgan fingerprint density at radius 3 is 2.50 bits per heavy atom. The molecule has 0 aromatic carbocycles. The summed E-state index contributed by atoms with van der Waals surface area (Å²) < 4.78 is 1.50. The van der Waals surface area contributed by atoms with Crippen molar-refractivity contribution in [2.75, 3.05) is 0 Å². The van der Waals surface area contributed by atoms with Crippen molar-refractivity contribution < 1.29 is 14.7 Å². The summed E-state index contributed by atoms with van der Waals surface area (Å²) >= 11 is 1.02. The van der Waals surface area contributed by atoms with Crippen molar-refractivity contribution in [2.45, 2.75) is 46.6 Å². The van der Waals surface area contributed by atoms with E-state index in [-0.39, 0.29) is 35.1 Å². The van der Waals surface area contributed by atoms with Crippen LogP contribution in [0.15, 0.2) is 4.79 Å². The van der Waals surface area contributed by atoms with Crippen LogP contribution >= 0.6 is 11.3 Å². The molecule has 0 aliphatic rings. The molecule has 0 amide bonds. The molecular weight excluding hydrogens is 304 g/mol. The molecule has 0 aliphatic carbocycles. The minimum Gasteiger partial charge on any atom is -0.477 e. The average molecular weight is 322 g/mol. The Morgan fingerprint density at radius 2 is 2.00 bits per heavy atom. The maximum Gasteiger partial charge on any atom is 0.346 e. The monoisotopic (exact) mass is 322 g/mol. The SMILES string of the molecule is CC(=O)CCn1c(C(C)C)nc2sc(C(=O)O)c(C)c2c1=O. The predicted octanol–water partition coefficient (Wildman–Crippen LogP) is 2.57. The average Bonchev–Trinajstić information content (AvgIpc) is 2.74. The van der Waals surface area contributed by atoms with Crippen molar-refractivity contribution >= 4 is 33.3 Å². The van der Waals surface area contributed by atoms with Crippen LogP contribution in [0, 0.1) is 6.92 Å². The smallest absolute Gasteiger partial charge is 0.346 e. The lowest BCUT2D eigenvalue weighted by Crippen LogP contribution is -2.27.